The Morgan fingerprint density at radius 2 is 1.94 bits per heavy atom. The van der Waals surface area contributed by atoms with E-state index in [0.29, 0.717) is 13.0 Å². The third kappa shape index (κ3) is 8.97. The van der Waals surface area contributed by atoms with E-state index in [0.717, 1.165) is 4.90 Å². The lowest BCUT2D eigenvalue weighted by Gasteiger charge is -2.25. The van der Waals surface area contributed by atoms with Gasteiger partial charge in [-0.25, -0.2) is 0 Å². The van der Waals surface area contributed by atoms with Crippen LogP contribution in [0.25, 0.3) is 0 Å². The van der Waals surface area contributed by atoms with E-state index < -0.39 is 18.6 Å². The first-order valence-corrected chi connectivity index (χ1v) is 5.59. The molecule has 0 aromatic rings. The van der Waals surface area contributed by atoms with Crippen LogP contribution >= 0.6 is 0 Å². The van der Waals surface area contributed by atoms with Gasteiger partial charge in [0.25, 0.3) is 0 Å². The van der Waals surface area contributed by atoms with Crippen LogP contribution in [0.15, 0.2) is 0 Å². The minimum absolute atomic E-state index is 0.0173. The molecule has 0 aliphatic rings. The van der Waals surface area contributed by atoms with Gasteiger partial charge in [-0.1, -0.05) is 13.8 Å². The summed E-state index contributed by atoms with van der Waals surface area (Å²) in [6.07, 6.45) is -3.80. The van der Waals surface area contributed by atoms with Crippen molar-refractivity contribution in [3.05, 3.63) is 0 Å². The Labute approximate surface area is 99.9 Å². The van der Waals surface area contributed by atoms with E-state index in [-0.39, 0.29) is 18.9 Å². The van der Waals surface area contributed by atoms with Gasteiger partial charge in [-0.15, -0.1) is 0 Å². The van der Waals surface area contributed by atoms with Crippen molar-refractivity contribution in [2.45, 2.75) is 32.9 Å². The predicted molar refractivity (Wildman–Crippen MR) is 58.6 cm³/mol. The van der Waals surface area contributed by atoms with Gasteiger partial charge in [-0.2, -0.15) is 13.2 Å². The van der Waals surface area contributed by atoms with Crippen molar-refractivity contribution in [1.29, 1.82) is 0 Å². The van der Waals surface area contributed by atoms with Gasteiger partial charge in [-0.05, 0) is 12.3 Å². The van der Waals surface area contributed by atoms with E-state index in [9.17, 15) is 18.0 Å². The van der Waals surface area contributed by atoms with E-state index in [1.54, 1.807) is 13.8 Å². The fourth-order valence-electron chi connectivity index (χ4n) is 1.44. The number of carbonyl (C=O) groups is 1. The summed E-state index contributed by atoms with van der Waals surface area (Å²) >= 11 is 0. The third-order valence-electron chi connectivity index (χ3n) is 2.05. The van der Waals surface area contributed by atoms with Crippen molar-refractivity contribution in [2.75, 3.05) is 26.8 Å². The van der Waals surface area contributed by atoms with Gasteiger partial charge in [0.05, 0.1) is 0 Å². The fourth-order valence-corrected chi connectivity index (χ4v) is 1.44. The molecule has 0 atom stereocenters. The highest BCUT2D eigenvalue weighted by atomic mass is 19.4. The standard InChI is InChI=1S/C11H20F3NO2/c1-9(2)7-15(8-11(12,13)14)10(16)5-4-6-17-3/h9H,4-8H2,1-3H3. The lowest BCUT2D eigenvalue weighted by atomic mass is 10.2. The molecular formula is C11H20F3NO2. The maximum absolute atomic E-state index is 12.3. The number of hydrogen-bond donors (Lipinski definition) is 0. The predicted octanol–water partition coefficient (Wildman–Crippen LogP) is 2.46. The smallest absolute Gasteiger partial charge is 0.385 e. The second-order valence-electron chi connectivity index (χ2n) is 4.38. The van der Waals surface area contributed by atoms with Crippen LogP contribution in [0.1, 0.15) is 26.7 Å². The first-order chi connectivity index (χ1) is 7.76. The van der Waals surface area contributed by atoms with Gasteiger partial charge in [0.1, 0.15) is 6.54 Å². The summed E-state index contributed by atoms with van der Waals surface area (Å²) < 4.78 is 41.6. The summed E-state index contributed by atoms with van der Waals surface area (Å²) in [5.41, 5.74) is 0. The maximum atomic E-state index is 12.3. The highest BCUT2D eigenvalue weighted by molar-refractivity contribution is 5.76. The van der Waals surface area contributed by atoms with Crippen molar-refractivity contribution < 1.29 is 22.7 Å². The monoisotopic (exact) mass is 255 g/mol. The summed E-state index contributed by atoms with van der Waals surface area (Å²) in [5.74, 6) is -0.447. The molecule has 0 N–H and O–H groups in total. The van der Waals surface area contributed by atoms with Crippen molar-refractivity contribution in [3.8, 4) is 0 Å². The molecule has 0 saturated heterocycles. The quantitative estimate of drug-likeness (QED) is 0.654. The van der Waals surface area contributed by atoms with Crippen molar-refractivity contribution >= 4 is 5.91 Å². The lowest BCUT2D eigenvalue weighted by Crippen LogP contribution is -2.41. The Bertz CT molecular complexity index is 229. The van der Waals surface area contributed by atoms with Gasteiger partial charge in [0.2, 0.25) is 5.91 Å². The summed E-state index contributed by atoms with van der Waals surface area (Å²) in [6.45, 7) is 2.91. The summed E-state index contributed by atoms with van der Waals surface area (Å²) in [6, 6.07) is 0. The third-order valence-corrected chi connectivity index (χ3v) is 2.05. The molecule has 0 aromatic heterocycles. The zero-order valence-corrected chi connectivity index (χ0v) is 10.5. The lowest BCUT2D eigenvalue weighted by molar-refractivity contribution is -0.162. The Kier molecular flexibility index (Phi) is 7.18. The van der Waals surface area contributed by atoms with Crippen LogP contribution in [-0.2, 0) is 9.53 Å². The van der Waals surface area contributed by atoms with E-state index in [2.05, 4.69) is 0 Å². The number of rotatable bonds is 7. The first-order valence-electron chi connectivity index (χ1n) is 5.59. The molecule has 6 heteroatoms. The number of carbonyl (C=O) groups excluding carboxylic acids is 1. The van der Waals surface area contributed by atoms with E-state index in [4.69, 9.17) is 4.74 Å². The molecule has 0 rings (SSSR count). The van der Waals surface area contributed by atoms with Gasteiger partial charge in [0, 0.05) is 26.7 Å². The van der Waals surface area contributed by atoms with Crippen LogP contribution in [0.5, 0.6) is 0 Å². The van der Waals surface area contributed by atoms with Gasteiger partial charge >= 0.3 is 6.18 Å². The van der Waals surface area contributed by atoms with Crippen LogP contribution < -0.4 is 0 Å². The Morgan fingerprint density at radius 1 is 1.35 bits per heavy atom. The fraction of sp³-hybridized carbons (Fsp3) is 0.909. The second kappa shape index (κ2) is 7.53. The van der Waals surface area contributed by atoms with Crippen LogP contribution in [0.2, 0.25) is 0 Å². The molecule has 0 aromatic carbocycles. The molecule has 0 aliphatic heterocycles. The average Bonchev–Trinajstić information content (AvgIpc) is 2.14. The topological polar surface area (TPSA) is 29.5 Å². The summed E-state index contributed by atoms with van der Waals surface area (Å²) in [4.78, 5) is 12.5. The molecular weight excluding hydrogens is 235 g/mol. The van der Waals surface area contributed by atoms with Crippen LogP contribution in [-0.4, -0.2) is 43.8 Å². The summed E-state index contributed by atoms with van der Waals surface area (Å²) in [5, 5.41) is 0. The van der Waals surface area contributed by atoms with Gasteiger partial charge in [-0.3, -0.25) is 4.79 Å². The Hall–Kier alpha value is -0.780. The number of alkyl halides is 3. The molecule has 1 amide bonds. The molecule has 0 heterocycles. The minimum atomic E-state index is -4.34. The maximum Gasteiger partial charge on any atom is 0.406 e. The number of halogens is 3. The van der Waals surface area contributed by atoms with Crippen molar-refractivity contribution in [2.24, 2.45) is 5.92 Å². The molecule has 0 fully saturated rings. The molecule has 102 valence electrons. The number of amides is 1. The molecule has 0 spiro atoms. The Morgan fingerprint density at radius 3 is 2.35 bits per heavy atom. The number of ether oxygens (including phenoxy) is 1. The van der Waals surface area contributed by atoms with Gasteiger partial charge in [0.15, 0.2) is 0 Å². The molecule has 0 bridgehead atoms. The van der Waals surface area contributed by atoms with Crippen LogP contribution in [0.3, 0.4) is 0 Å². The van der Waals surface area contributed by atoms with Crippen molar-refractivity contribution in [3.63, 3.8) is 0 Å². The molecule has 0 radical (unpaired) electrons. The molecule has 17 heavy (non-hydrogen) atoms. The zero-order chi connectivity index (χ0) is 13.5. The molecule has 0 saturated carbocycles. The number of methoxy groups -OCH3 is 1. The molecule has 0 aliphatic carbocycles. The van der Waals surface area contributed by atoms with E-state index in [1.165, 1.54) is 7.11 Å². The minimum Gasteiger partial charge on any atom is -0.385 e. The van der Waals surface area contributed by atoms with E-state index >= 15 is 0 Å². The van der Waals surface area contributed by atoms with Gasteiger partial charge < -0.3 is 9.64 Å². The van der Waals surface area contributed by atoms with E-state index in [1.807, 2.05) is 0 Å². The number of hydrogen-bond acceptors (Lipinski definition) is 2. The number of nitrogens with zero attached hydrogens (tertiary/aromatic N) is 1. The largest absolute Gasteiger partial charge is 0.406 e. The van der Waals surface area contributed by atoms with Crippen LogP contribution in [0.4, 0.5) is 13.2 Å². The SMILES string of the molecule is COCCCC(=O)N(CC(C)C)CC(F)(F)F. The normalized spacial score (nSPS) is 11.9. The molecule has 3 nitrogen and oxygen atoms in total. The Balaban J connectivity index is 4.30. The zero-order valence-electron chi connectivity index (χ0n) is 10.5. The first kappa shape index (κ1) is 16.2. The summed E-state index contributed by atoms with van der Waals surface area (Å²) in [7, 11) is 1.49. The van der Waals surface area contributed by atoms with Crippen molar-refractivity contribution in [1.82, 2.24) is 4.90 Å². The van der Waals surface area contributed by atoms with Crippen LogP contribution in [0, 0.1) is 5.92 Å². The second-order valence-corrected chi connectivity index (χ2v) is 4.38. The highest BCUT2D eigenvalue weighted by Crippen LogP contribution is 2.18. The highest BCUT2D eigenvalue weighted by Gasteiger charge is 2.32. The molecule has 0 unspecified atom stereocenters. The average molecular weight is 255 g/mol.